The summed E-state index contributed by atoms with van der Waals surface area (Å²) in [7, 11) is 3.27. The highest BCUT2D eigenvalue weighted by molar-refractivity contribution is 5.92. The van der Waals surface area contributed by atoms with E-state index in [9.17, 15) is 9.59 Å². The molecule has 4 aliphatic rings. The molecule has 204 valence electrons. The minimum atomic E-state index is -0.307. The number of fused-ring (bicyclic) bond motifs is 2. The minimum absolute atomic E-state index is 0.278. The van der Waals surface area contributed by atoms with Crippen molar-refractivity contribution in [2.45, 2.75) is 51.7 Å². The van der Waals surface area contributed by atoms with Gasteiger partial charge in [0.15, 0.2) is 0 Å². The second-order valence-corrected chi connectivity index (χ2v) is 9.72. The molecule has 6 rings (SSSR count). The molecule has 2 saturated heterocycles. The highest BCUT2D eigenvalue weighted by Crippen LogP contribution is 2.38. The van der Waals surface area contributed by atoms with Gasteiger partial charge in [-0.05, 0) is 49.9 Å². The van der Waals surface area contributed by atoms with E-state index in [1.54, 1.807) is 24.2 Å². The number of ether oxygens (including phenoxy) is 4. The highest BCUT2D eigenvalue weighted by atomic mass is 16.6. The standard InChI is InChI=1S/2C14H18N2O3/c1-18-12-7-5-6-11-10-19-14(17)16(13(11)12)15-8-3-2-4-9-15;1-18-12-5-6-13-11(9-12)10-19-14(17)16(13)15-7-3-2-4-8-15/h5-7H,2-4,8-10H2,1H3;5-6,9H,2-4,7-8,10H2,1H3. The number of anilines is 2. The largest absolute Gasteiger partial charge is 0.497 e. The van der Waals surface area contributed by atoms with Gasteiger partial charge in [-0.2, -0.15) is 0 Å². The monoisotopic (exact) mass is 524 g/mol. The van der Waals surface area contributed by atoms with Gasteiger partial charge in [-0.25, -0.2) is 29.6 Å². The highest BCUT2D eigenvalue weighted by Gasteiger charge is 2.34. The summed E-state index contributed by atoms with van der Waals surface area (Å²) in [5.41, 5.74) is 3.73. The summed E-state index contributed by atoms with van der Waals surface area (Å²) in [5, 5.41) is 7.47. The molecule has 0 saturated carbocycles. The zero-order valence-electron chi connectivity index (χ0n) is 22.2. The molecular formula is C28H36N4O6. The Hall–Kier alpha value is -3.50. The summed E-state index contributed by atoms with van der Waals surface area (Å²) in [6.07, 6.45) is 6.32. The Morgan fingerprint density at radius 2 is 1.29 bits per heavy atom. The van der Waals surface area contributed by atoms with Gasteiger partial charge in [-0.1, -0.05) is 25.0 Å². The van der Waals surface area contributed by atoms with E-state index in [1.165, 1.54) is 12.8 Å². The Kier molecular flexibility index (Phi) is 8.19. The number of piperidine rings is 2. The van der Waals surface area contributed by atoms with Gasteiger partial charge in [-0.15, -0.1) is 0 Å². The van der Waals surface area contributed by atoms with Crippen LogP contribution in [0, 0.1) is 0 Å². The first kappa shape index (κ1) is 26.1. The average molecular weight is 525 g/mol. The molecule has 2 aromatic rings. The van der Waals surface area contributed by atoms with Gasteiger partial charge >= 0.3 is 12.2 Å². The van der Waals surface area contributed by atoms with Crippen LogP contribution in [-0.2, 0) is 22.7 Å². The molecule has 10 heteroatoms. The van der Waals surface area contributed by atoms with Crippen molar-refractivity contribution in [2.24, 2.45) is 0 Å². The van der Waals surface area contributed by atoms with Gasteiger partial charge in [0.25, 0.3) is 0 Å². The number of amides is 2. The molecule has 0 aliphatic carbocycles. The lowest BCUT2D eigenvalue weighted by Crippen LogP contribution is -2.51. The van der Waals surface area contributed by atoms with Crippen molar-refractivity contribution in [1.29, 1.82) is 0 Å². The molecule has 0 spiro atoms. The summed E-state index contributed by atoms with van der Waals surface area (Å²) in [6, 6.07) is 11.5. The van der Waals surface area contributed by atoms with E-state index in [-0.39, 0.29) is 12.2 Å². The number of hydrogen-bond acceptors (Lipinski definition) is 8. The SMILES string of the molecule is COc1ccc2c(c1)COC(=O)N2N1CCCCC1.COc1cccc2c1N(N1CCCCC1)C(=O)OC2. The predicted molar refractivity (Wildman–Crippen MR) is 142 cm³/mol. The van der Waals surface area contributed by atoms with Crippen LogP contribution in [0.1, 0.15) is 49.7 Å². The van der Waals surface area contributed by atoms with Crippen LogP contribution in [0.5, 0.6) is 11.5 Å². The molecule has 0 atom stereocenters. The van der Waals surface area contributed by atoms with Gasteiger partial charge in [0, 0.05) is 37.3 Å². The van der Waals surface area contributed by atoms with E-state index >= 15 is 0 Å². The Morgan fingerprint density at radius 1 is 0.684 bits per heavy atom. The molecule has 10 nitrogen and oxygen atoms in total. The Labute approximate surface area is 223 Å². The molecule has 0 aromatic heterocycles. The van der Waals surface area contributed by atoms with Gasteiger partial charge in [0.05, 0.1) is 19.9 Å². The number of benzene rings is 2. The summed E-state index contributed by atoms with van der Waals surface area (Å²) in [5.74, 6) is 1.51. The maximum Gasteiger partial charge on any atom is 0.429 e. The molecule has 0 unspecified atom stereocenters. The van der Waals surface area contributed by atoms with Crippen LogP contribution in [0.3, 0.4) is 0 Å². The normalized spacial score (nSPS) is 19.8. The third-order valence-electron chi connectivity index (χ3n) is 7.31. The van der Waals surface area contributed by atoms with Crippen LogP contribution < -0.4 is 19.5 Å². The molecule has 4 aliphatic heterocycles. The molecule has 2 amide bonds. The van der Waals surface area contributed by atoms with Crippen LogP contribution in [-0.4, -0.2) is 62.6 Å². The van der Waals surface area contributed by atoms with E-state index in [2.05, 4.69) is 10.0 Å². The number of rotatable bonds is 4. The zero-order valence-corrected chi connectivity index (χ0v) is 22.2. The van der Waals surface area contributed by atoms with Crippen molar-refractivity contribution in [3.05, 3.63) is 47.5 Å². The van der Waals surface area contributed by atoms with Gasteiger partial charge in [0.2, 0.25) is 0 Å². The van der Waals surface area contributed by atoms with Crippen LogP contribution in [0.15, 0.2) is 36.4 Å². The summed E-state index contributed by atoms with van der Waals surface area (Å²) in [4.78, 5) is 24.2. The van der Waals surface area contributed by atoms with E-state index in [1.807, 2.05) is 36.4 Å². The minimum Gasteiger partial charge on any atom is -0.497 e. The fourth-order valence-corrected chi connectivity index (χ4v) is 5.37. The lowest BCUT2D eigenvalue weighted by Gasteiger charge is -2.39. The number of methoxy groups -OCH3 is 2. The second kappa shape index (κ2) is 11.9. The first-order valence-electron chi connectivity index (χ1n) is 13.4. The molecule has 0 N–H and O–H groups in total. The maximum atomic E-state index is 12.1. The molecule has 4 heterocycles. The zero-order chi connectivity index (χ0) is 26.5. The molecule has 38 heavy (non-hydrogen) atoms. The number of carbonyl (C=O) groups excluding carboxylic acids is 2. The van der Waals surface area contributed by atoms with E-state index in [0.29, 0.717) is 13.2 Å². The number of hydrazine groups is 2. The Bertz CT molecular complexity index is 1130. The lowest BCUT2D eigenvalue weighted by molar-refractivity contribution is 0.107. The molecule has 0 bridgehead atoms. The fraction of sp³-hybridized carbons (Fsp3) is 0.500. The van der Waals surface area contributed by atoms with E-state index in [0.717, 1.165) is 85.9 Å². The van der Waals surface area contributed by atoms with Crippen LogP contribution in [0.2, 0.25) is 0 Å². The van der Waals surface area contributed by atoms with E-state index in [4.69, 9.17) is 18.9 Å². The Morgan fingerprint density at radius 3 is 1.92 bits per heavy atom. The number of hydrogen-bond donors (Lipinski definition) is 0. The third-order valence-corrected chi connectivity index (χ3v) is 7.31. The summed E-state index contributed by atoms with van der Waals surface area (Å²) in [6.45, 7) is 4.20. The number of nitrogens with zero attached hydrogens (tertiary/aromatic N) is 4. The van der Waals surface area contributed by atoms with Crippen molar-refractivity contribution < 1.29 is 28.5 Å². The summed E-state index contributed by atoms with van der Waals surface area (Å²) >= 11 is 0. The van der Waals surface area contributed by atoms with Crippen molar-refractivity contribution in [2.75, 3.05) is 50.4 Å². The maximum absolute atomic E-state index is 12.1. The second-order valence-electron chi connectivity index (χ2n) is 9.72. The van der Waals surface area contributed by atoms with Gasteiger partial charge in [0.1, 0.15) is 30.4 Å². The first-order valence-corrected chi connectivity index (χ1v) is 13.4. The number of cyclic esters (lactones) is 2. The number of para-hydroxylation sites is 1. The van der Waals surface area contributed by atoms with E-state index < -0.39 is 0 Å². The van der Waals surface area contributed by atoms with Gasteiger partial charge in [-0.3, -0.25) is 0 Å². The third kappa shape index (κ3) is 5.37. The van der Waals surface area contributed by atoms with Gasteiger partial charge < -0.3 is 18.9 Å². The first-order chi connectivity index (χ1) is 18.6. The molecule has 2 fully saturated rings. The van der Waals surface area contributed by atoms with Crippen LogP contribution in [0.4, 0.5) is 21.0 Å². The van der Waals surface area contributed by atoms with Crippen LogP contribution >= 0.6 is 0 Å². The predicted octanol–water partition coefficient (Wildman–Crippen LogP) is 5.11. The molecule has 2 aromatic carbocycles. The Balaban J connectivity index is 0.000000155. The molecular weight excluding hydrogens is 488 g/mol. The quantitative estimate of drug-likeness (QED) is 0.546. The van der Waals surface area contributed by atoms with Crippen LogP contribution in [0.25, 0.3) is 0 Å². The smallest absolute Gasteiger partial charge is 0.429 e. The average Bonchev–Trinajstić information content (AvgIpc) is 2.97. The fourth-order valence-electron chi connectivity index (χ4n) is 5.37. The lowest BCUT2D eigenvalue weighted by atomic mass is 10.1. The molecule has 0 radical (unpaired) electrons. The van der Waals surface area contributed by atoms with Crippen molar-refractivity contribution >= 4 is 23.6 Å². The summed E-state index contributed by atoms with van der Waals surface area (Å²) < 4.78 is 21.1. The van der Waals surface area contributed by atoms with Crippen molar-refractivity contribution in [1.82, 2.24) is 10.0 Å². The number of carbonyl (C=O) groups is 2. The van der Waals surface area contributed by atoms with Crippen molar-refractivity contribution in [3.8, 4) is 11.5 Å². The topological polar surface area (TPSA) is 84.0 Å². The van der Waals surface area contributed by atoms with Crippen molar-refractivity contribution in [3.63, 3.8) is 0 Å².